The molecule has 0 spiro atoms. The van der Waals surface area contributed by atoms with Gasteiger partial charge in [-0.3, -0.25) is 9.59 Å². The third-order valence-corrected chi connectivity index (χ3v) is 5.27. The van der Waals surface area contributed by atoms with Crippen molar-refractivity contribution in [2.75, 3.05) is 23.9 Å². The Morgan fingerprint density at radius 1 is 0.844 bits per heavy atom. The number of imide groups is 1. The van der Waals surface area contributed by atoms with Gasteiger partial charge in [-0.25, -0.2) is 4.90 Å². The van der Waals surface area contributed by atoms with E-state index in [1.54, 1.807) is 55.6 Å². The second-order valence-electron chi connectivity index (χ2n) is 7.29. The van der Waals surface area contributed by atoms with Crippen molar-refractivity contribution in [2.24, 2.45) is 0 Å². The molecule has 1 heterocycles. The Labute approximate surface area is 187 Å². The fourth-order valence-electron chi connectivity index (χ4n) is 3.61. The number of aryl methyl sites for hydroxylation is 1. The number of benzene rings is 3. The number of anilines is 2. The van der Waals surface area contributed by atoms with Gasteiger partial charge in [0.15, 0.2) is 0 Å². The number of ether oxygens (including phenoxy) is 2. The summed E-state index contributed by atoms with van der Waals surface area (Å²) >= 11 is 0. The summed E-state index contributed by atoms with van der Waals surface area (Å²) in [4.78, 5) is 28.2. The lowest BCUT2D eigenvalue weighted by Crippen LogP contribution is -2.32. The SMILES string of the molecule is CCOc1ccc(N2C(=O)C(Nc3ccccc3C)=C(c3ccc(OC)cc3)C2=O)cc1. The van der Waals surface area contributed by atoms with E-state index in [0.29, 0.717) is 34.9 Å². The van der Waals surface area contributed by atoms with Gasteiger partial charge >= 0.3 is 0 Å². The molecular formula is C26H24N2O4. The maximum absolute atomic E-state index is 13.5. The number of hydrogen-bond acceptors (Lipinski definition) is 5. The molecule has 0 radical (unpaired) electrons. The normalized spacial score (nSPS) is 13.5. The van der Waals surface area contributed by atoms with Crippen molar-refractivity contribution in [1.82, 2.24) is 0 Å². The van der Waals surface area contributed by atoms with Crippen LogP contribution in [0.4, 0.5) is 11.4 Å². The second kappa shape index (κ2) is 8.98. The number of amides is 2. The lowest BCUT2D eigenvalue weighted by atomic mass is 10.0. The topological polar surface area (TPSA) is 67.9 Å². The molecule has 0 fully saturated rings. The van der Waals surface area contributed by atoms with Crippen molar-refractivity contribution < 1.29 is 19.1 Å². The smallest absolute Gasteiger partial charge is 0.282 e. The Bertz CT molecular complexity index is 1180. The molecular weight excluding hydrogens is 404 g/mol. The van der Waals surface area contributed by atoms with E-state index in [9.17, 15) is 9.59 Å². The summed E-state index contributed by atoms with van der Waals surface area (Å²) in [6.45, 7) is 4.38. The lowest BCUT2D eigenvalue weighted by molar-refractivity contribution is -0.120. The number of hydrogen-bond donors (Lipinski definition) is 1. The summed E-state index contributed by atoms with van der Waals surface area (Å²) in [6.07, 6.45) is 0. The van der Waals surface area contributed by atoms with Gasteiger partial charge in [0.25, 0.3) is 11.8 Å². The van der Waals surface area contributed by atoms with Crippen molar-refractivity contribution in [3.8, 4) is 11.5 Å². The molecule has 0 saturated carbocycles. The molecule has 1 aliphatic rings. The Morgan fingerprint density at radius 2 is 1.50 bits per heavy atom. The van der Waals surface area contributed by atoms with Gasteiger partial charge in [-0.2, -0.15) is 0 Å². The first-order chi connectivity index (χ1) is 15.5. The van der Waals surface area contributed by atoms with Crippen molar-refractivity contribution in [3.05, 3.63) is 89.6 Å². The maximum Gasteiger partial charge on any atom is 0.282 e. The monoisotopic (exact) mass is 428 g/mol. The van der Waals surface area contributed by atoms with E-state index >= 15 is 0 Å². The third kappa shape index (κ3) is 3.95. The first-order valence-corrected chi connectivity index (χ1v) is 10.4. The minimum Gasteiger partial charge on any atom is -0.497 e. The Morgan fingerprint density at radius 3 is 2.12 bits per heavy atom. The molecule has 32 heavy (non-hydrogen) atoms. The summed E-state index contributed by atoms with van der Waals surface area (Å²) in [5.41, 5.74) is 3.40. The average molecular weight is 428 g/mol. The highest BCUT2D eigenvalue weighted by atomic mass is 16.5. The number of methoxy groups -OCH3 is 1. The first-order valence-electron chi connectivity index (χ1n) is 10.4. The fourth-order valence-corrected chi connectivity index (χ4v) is 3.61. The third-order valence-electron chi connectivity index (χ3n) is 5.27. The van der Waals surface area contributed by atoms with Crippen LogP contribution >= 0.6 is 0 Å². The summed E-state index contributed by atoms with van der Waals surface area (Å²) in [5, 5.41) is 3.21. The van der Waals surface area contributed by atoms with E-state index in [2.05, 4.69) is 5.32 Å². The number of nitrogens with one attached hydrogen (secondary N) is 1. The standard InChI is InChI=1S/C26H24N2O4/c1-4-32-21-15-11-19(12-16-21)28-25(29)23(18-9-13-20(31-3)14-10-18)24(26(28)30)27-22-8-6-5-7-17(22)2/h5-16,27H,4H2,1-3H3. The maximum atomic E-state index is 13.5. The predicted octanol–water partition coefficient (Wildman–Crippen LogP) is 4.80. The lowest BCUT2D eigenvalue weighted by Gasteiger charge is -2.16. The average Bonchev–Trinajstić information content (AvgIpc) is 3.05. The molecule has 6 nitrogen and oxygen atoms in total. The fraction of sp³-hybridized carbons (Fsp3) is 0.154. The van der Waals surface area contributed by atoms with Crippen LogP contribution in [0.5, 0.6) is 11.5 Å². The van der Waals surface area contributed by atoms with Crippen molar-refractivity contribution in [1.29, 1.82) is 0 Å². The van der Waals surface area contributed by atoms with Crippen LogP contribution in [-0.2, 0) is 9.59 Å². The highest BCUT2D eigenvalue weighted by Crippen LogP contribution is 2.35. The van der Waals surface area contributed by atoms with Gasteiger partial charge in [-0.05, 0) is 67.4 Å². The molecule has 0 unspecified atom stereocenters. The molecule has 0 saturated heterocycles. The van der Waals surface area contributed by atoms with Crippen LogP contribution in [0.3, 0.4) is 0 Å². The molecule has 4 rings (SSSR count). The van der Waals surface area contributed by atoms with Gasteiger partial charge in [-0.1, -0.05) is 30.3 Å². The van der Waals surface area contributed by atoms with Crippen LogP contribution in [0.2, 0.25) is 0 Å². The Kier molecular flexibility index (Phi) is 5.94. The number of rotatable bonds is 7. The van der Waals surface area contributed by atoms with Crippen molar-refractivity contribution in [3.63, 3.8) is 0 Å². The van der Waals surface area contributed by atoms with E-state index < -0.39 is 5.91 Å². The van der Waals surface area contributed by atoms with Crippen LogP contribution in [0.1, 0.15) is 18.1 Å². The van der Waals surface area contributed by atoms with Crippen LogP contribution in [0.15, 0.2) is 78.5 Å². The van der Waals surface area contributed by atoms with Crippen LogP contribution < -0.4 is 19.7 Å². The van der Waals surface area contributed by atoms with E-state index in [1.165, 1.54) is 4.90 Å². The summed E-state index contributed by atoms with van der Waals surface area (Å²) in [5.74, 6) is 0.550. The molecule has 162 valence electrons. The highest BCUT2D eigenvalue weighted by Gasteiger charge is 2.40. The van der Waals surface area contributed by atoms with Crippen molar-refractivity contribution in [2.45, 2.75) is 13.8 Å². The van der Waals surface area contributed by atoms with E-state index in [1.807, 2.05) is 38.1 Å². The van der Waals surface area contributed by atoms with Gasteiger partial charge in [0.1, 0.15) is 17.2 Å². The summed E-state index contributed by atoms with van der Waals surface area (Å²) in [7, 11) is 1.58. The van der Waals surface area contributed by atoms with E-state index in [-0.39, 0.29) is 11.6 Å². The van der Waals surface area contributed by atoms with Gasteiger partial charge in [0.2, 0.25) is 0 Å². The van der Waals surface area contributed by atoms with Gasteiger partial charge in [0, 0.05) is 5.69 Å². The largest absolute Gasteiger partial charge is 0.497 e. The molecule has 1 aliphatic heterocycles. The molecule has 2 amide bonds. The molecule has 0 aromatic heterocycles. The zero-order valence-electron chi connectivity index (χ0n) is 18.2. The molecule has 0 atom stereocenters. The Balaban J connectivity index is 1.77. The van der Waals surface area contributed by atoms with Crippen LogP contribution in [0.25, 0.3) is 5.57 Å². The highest BCUT2D eigenvalue weighted by molar-refractivity contribution is 6.46. The quantitative estimate of drug-likeness (QED) is 0.548. The van der Waals surface area contributed by atoms with Gasteiger partial charge in [-0.15, -0.1) is 0 Å². The molecule has 0 bridgehead atoms. The summed E-state index contributed by atoms with van der Waals surface area (Å²) < 4.78 is 10.7. The number of carbonyl (C=O) groups is 2. The second-order valence-corrected chi connectivity index (χ2v) is 7.29. The minimum absolute atomic E-state index is 0.239. The first kappa shape index (κ1) is 21.2. The number of carbonyl (C=O) groups excluding carboxylic acids is 2. The molecule has 0 aliphatic carbocycles. The Hall–Kier alpha value is -4.06. The van der Waals surface area contributed by atoms with Crippen LogP contribution in [0, 0.1) is 6.92 Å². The van der Waals surface area contributed by atoms with Gasteiger partial charge < -0.3 is 14.8 Å². The molecule has 1 N–H and O–H groups in total. The van der Waals surface area contributed by atoms with E-state index in [4.69, 9.17) is 9.47 Å². The predicted molar refractivity (Wildman–Crippen MR) is 125 cm³/mol. The molecule has 3 aromatic carbocycles. The molecule has 3 aromatic rings. The molecule has 6 heteroatoms. The van der Waals surface area contributed by atoms with Crippen LogP contribution in [-0.4, -0.2) is 25.5 Å². The number of nitrogens with zero attached hydrogens (tertiary/aromatic N) is 1. The van der Waals surface area contributed by atoms with E-state index in [0.717, 1.165) is 11.3 Å². The minimum atomic E-state index is -0.409. The van der Waals surface area contributed by atoms with Crippen molar-refractivity contribution >= 4 is 28.8 Å². The number of para-hydroxylation sites is 1. The zero-order valence-corrected chi connectivity index (χ0v) is 18.2. The zero-order chi connectivity index (χ0) is 22.7. The van der Waals surface area contributed by atoms with Gasteiger partial charge in [0.05, 0.1) is 25.0 Å². The summed E-state index contributed by atoms with van der Waals surface area (Å²) in [6, 6.07) is 21.6.